The Labute approximate surface area is 156 Å². The molecule has 0 spiro atoms. The second-order valence-corrected chi connectivity index (χ2v) is 7.96. The lowest BCUT2D eigenvalue weighted by molar-refractivity contribution is -0.119. The van der Waals surface area contributed by atoms with Crippen LogP contribution in [0.25, 0.3) is 10.8 Å². The predicted molar refractivity (Wildman–Crippen MR) is 102 cm³/mol. The van der Waals surface area contributed by atoms with Crippen LogP contribution in [0.4, 0.5) is 5.69 Å². The highest BCUT2D eigenvalue weighted by Crippen LogP contribution is 2.22. The fourth-order valence-electron chi connectivity index (χ4n) is 2.57. The Balaban J connectivity index is 1.62. The molecule has 0 aliphatic rings. The van der Waals surface area contributed by atoms with E-state index in [-0.39, 0.29) is 10.5 Å². The molecule has 0 aliphatic heterocycles. The van der Waals surface area contributed by atoms with Gasteiger partial charge in [0.25, 0.3) is 5.91 Å². The monoisotopic (exact) mass is 383 g/mol. The quantitative estimate of drug-likeness (QED) is 0.684. The smallest absolute Gasteiger partial charge is 0.338 e. The average molecular weight is 383 g/mol. The number of ether oxygens (including phenoxy) is 1. The van der Waals surface area contributed by atoms with Crippen molar-refractivity contribution in [1.82, 2.24) is 0 Å². The molecule has 0 saturated carbocycles. The van der Waals surface area contributed by atoms with E-state index in [4.69, 9.17) is 4.74 Å². The molecule has 0 fully saturated rings. The lowest BCUT2D eigenvalue weighted by atomic mass is 10.1. The van der Waals surface area contributed by atoms with E-state index in [1.165, 1.54) is 24.3 Å². The van der Waals surface area contributed by atoms with E-state index in [2.05, 4.69) is 5.32 Å². The first-order valence-electron chi connectivity index (χ1n) is 8.09. The number of carbonyl (C=O) groups excluding carboxylic acids is 2. The van der Waals surface area contributed by atoms with Gasteiger partial charge < -0.3 is 10.1 Å². The molecule has 0 unspecified atom stereocenters. The fourth-order valence-corrected chi connectivity index (χ4v) is 3.20. The van der Waals surface area contributed by atoms with Gasteiger partial charge in [-0.15, -0.1) is 0 Å². The van der Waals surface area contributed by atoms with Crippen molar-refractivity contribution in [2.75, 3.05) is 18.2 Å². The Morgan fingerprint density at radius 2 is 1.59 bits per heavy atom. The number of amides is 1. The Kier molecular flexibility index (Phi) is 5.23. The number of fused-ring (bicyclic) bond motifs is 1. The molecule has 138 valence electrons. The van der Waals surface area contributed by atoms with E-state index in [1.807, 2.05) is 36.4 Å². The number of esters is 1. The third kappa shape index (κ3) is 4.51. The summed E-state index contributed by atoms with van der Waals surface area (Å²) in [4.78, 5) is 24.2. The van der Waals surface area contributed by atoms with Crippen LogP contribution in [0.2, 0.25) is 0 Å². The molecule has 3 aromatic carbocycles. The van der Waals surface area contributed by atoms with Gasteiger partial charge in [-0.1, -0.05) is 36.4 Å². The number of nitrogens with one attached hydrogen (secondary N) is 1. The van der Waals surface area contributed by atoms with Gasteiger partial charge in [0, 0.05) is 17.3 Å². The van der Waals surface area contributed by atoms with E-state index in [9.17, 15) is 18.0 Å². The van der Waals surface area contributed by atoms with Gasteiger partial charge >= 0.3 is 5.97 Å². The Morgan fingerprint density at radius 1 is 0.926 bits per heavy atom. The lowest BCUT2D eigenvalue weighted by Crippen LogP contribution is -2.21. The molecule has 1 amide bonds. The third-order valence-electron chi connectivity index (χ3n) is 3.92. The predicted octanol–water partition coefficient (Wildman–Crippen LogP) is 3.04. The van der Waals surface area contributed by atoms with E-state index < -0.39 is 28.3 Å². The molecule has 0 atom stereocenters. The van der Waals surface area contributed by atoms with Crippen molar-refractivity contribution in [3.63, 3.8) is 0 Å². The summed E-state index contributed by atoms with van der Waals surface area (Å²) in [7, 11) is -3.34. The zero-order chi connectivity index (χ0) is 19.4. The first kappa shape index (κ1) is 18.6. The van der Waals surface area contributed by atoms with Crippen molar-refractivity contribution >= 4 is 38.2 Å². The topological polar surface area (TPSA) is 89.5 Å². The molecular formula is C20H17NO5S. The van der Waals surface area contributed by atoms with Gasteiger partial charge in [0.1, 0.15) is 0 Å². The van der Waals surface area contributed by atoms with Crippen LogP contribution in [0.5, 0.6) is 0 Å². The summed E-state index contributed by atoms with van der Waals surface area (Å²) in [6.45, 7) is -0.449. The molecular weight excluding hydrogens is 366 g/mol. The van der Waals surface area contributed by atoms with Crippen LogP contribution < -0.4 is 5.32 Å². The number of anilines is 1. The summed E-state index contributed by atoms with van der Waals surface area (Å²) in [5.41, 5.74) is 0.798. The van der Waals surface area contributed by atoms with Gasteiger partial charge in [-0.3, -0.25) is 4.79 Å². The van der Waals surface area contributed by atoms with E-state index in [0.29, 0.717) is 5.69 Å². The van der Waals surface area contributed by atoms with Crippen molar-refractivity contribution in [3.05, 3.63) is 72.3 Å². The van der Waals surface area contributed by atoms with Gasteiger partial charge in [-0.05, 0) is 35.7 Å². The van der Waals surface area contributed by atoms with Crippen molar-refractivity contribution in [2.24, 2.45) is 0 Å². The largest absolute Gasteiger partial charge is 0.452 e. The van der Waals surface area contributed by atoms with E-state index in [0.717, 1.165) is 17.0 Å². The third-order valence-corrected chi connectivity index (χ3v) is 5.04. The SMILES string of the molecule is CS(=O)(=O)c1ccc(C(=O)OCC(=O)Nc2cccc3ccccc23)cc1. The molecule has 0 saturated heterocycles. The van der Waals surface area contributed by atoms with Crippen molar-refractivity contribution < 1.29 is 22.7 Å². The van der Waals surface area contributed by atoms with Gasteiger partial charge in [0.2, 0.25) is 0 Å². The molecule has 27 heavy (non-hydrogen) atoms. The average Bonchev–Trinajstić information content (AvgIpc) is 2.66. The summed E-state index contributed by atoms with van der Waals surface area (Å²) >= 11 is 0. The first-order valence-corrected chi connectivity index (χ1v) is 9.98. The maximum Gasteiger partial charge on any atom is 0.338 e. The molecule has 6 nitrogen and oxygen atoms in total. The van der Waals surface area contributed by atoms with Crippen LogP contribution in [-0.4, -0.2) is 33.2 Å². The van der Waals surface area contributed by atoms with E-state index in [1.54, 1.807) is 6.07 Å². The van der Waals surface area contributed by atoms with Gasteiger partial charge in [-0.2, -0.15) is 0 Å². The molecule has 3 rings (SSSR count). The van der Waals surface area contributed by atoms with Crippen molar-refractivity contribution in [2.45, 2.75) is 4.90 Å². The Hall–Kier alpha value is -3.19. The number of sulfone groups is 1. The fraction of sp³-hybridized carbons (Fsp3) is 0.100. The summed E-state index contributed by atoms with van der Waals surface area (Å²) in [5.74, 6) is -1.17. The summed E-state index contributed by atoms with van der Waals surface area (Å²) in [5, 5.41) is 4.60. The highest BCUT2D eigenvalue weighted by atomic mass is 32.2. The van der Waals surface area contributed by atoms with E-state index >= 15 is 0 Å². The maximum absolute atomic E-state index is 12.1. The number of benzene rings is 3. The number of hydrogen-bond donors (Lipinski definition) is 1. The van der Waals surface area contributed by atoms with Crippen molar-refractivity contribution in [1.29, 1.82) is 0 Å². The molecule has 0 aromatic heterocycles. The highest BCUT2D eigenvalue weighted by Gasteiger charge is 2.13. The second-order valence-electron chi connectivity index (χ2n) is 5.95. The Bertz CT molecular complexity index is 1100. The van der Waals surface area contributed by atoms with Crippen LogP contribution in [0.1, 0.15) is 10.4 Å². The van der Waals surface area contributed by atoms with Crippen molar-refractivity contribution in [3.8, 4) is 0 Å². The lowest BCUT2D eigenvalue weighted by Gasteiger charge is -2.09. The van der Waals surface area contributed by atoms with Crippen LogP contribution in [-0.2, 0) is 19.4 Å². The minimum absolute atomic E-state index is 0.104. The van der Waals surface area contributed by atoms with Crippen LogP contribution in [0.3, 0.4) is 0 Å². The zero-order valence-corrected chi connectivity index (χ0v) is 15.3. The summed E-state index contributed by atoms with van der Waals surface area (Å²) in [6, 6.07) is 18.5. The van der Waals surface area contributed by atoms with Gasteiger partial charge in [-0.25, -0.2) is 13.2 Å². The first-order chi connectivity index (χ1) is 12.8. The summed E-state index contributed by atoms with van der Waals surface area (Å²) in [6.07, 6.45) is 1.08. The highest BCUT2D eigenvalue weighted by molar-refractivity contribution is 7.90. The molecule has 7 heteroatoms. The van der Waals surface area contributed by atoms with Crippen LogP contribution in [0, 0.1) is 0 Å². The molecule has 0 radical (unpaired) electrons. The van der Waals surface area contributed by atoms with Gasteiger partial charge in [0.05, 0.1) is 10.5 Å². The minimum Gasteiger partial charge on any atom is -0.452 e. The number of rotatable bonds is 5. The Morgan fingerprint density at radius 3 is 2.30 bits per heavy atom. The molecule has 0 bridgehead atoms. The molecule has 0 aliphatic carbocycles. The minimum atomic E-state index is -3.34. The molecule has 3 aromatic rings. The van der Waals surface area contributed by atoms with Crippen LogP contribution in [0.15, 0.2) is 71.6 Å². The van der Waals surface area contributed by atoms with Gasteiger partial charge in [0.15, 0.2) is 16.4 Å². The molecule has 0 heterocycles. The zero-order valence-electron chi connectivity index (χ0n) is 14.5. The number of hydrogen-bond acceptors (Lipinski definition) is 5. The summed E-state index contributed by atoms with van der Waals surface area (Å²) < 4.78 is 27.9. The van der Waals surface area contributed by atoms with Crippen LogP contribution >= 0.6 is 0 Å². The number of carbonyl (C=O) groups is 2. The molecule has 1 N–H and O–H groups in total. The maximum atomic E-state index is 12.1. The standard InChI is InChI=1S/C20H17NO5S/c1-27(24,25)16-11-9-15(10-12-16)20(23)26-13-19(22)21-18-8-4-6-14-5-2-3-7-17(14)18/h2-12H,13H2,1H3,(H,21,22). The second kappa shape index (κ2) is 7.59. The normalized spacial score (nSPS) is 11.1.